The number of piperidine rings is 1. The van der Waals surface area contributed by atoms with E-state index in [0.29, 0.717) is 19.0 Å². The highest BCUT2D eigenvalue weighted by Gasteiger charge is 2.37. The zero-order valence-electron chi connectivity index (χ0n) is 13.3. The molecule has 0 unspecified atom stereocenters. The molecule has 0 aromatic rings. The molecule has 0 aliphatic carbocycles. The van der Waals surface area contributed by atoms with Crippen LogP contribution in [-0.4, -0.2) is 42.6 Å². The van der Waals surface area contributed by atoms with E-state index in [1.54, 1.807) is 25.1 Å². The van der Waals surface area contributed by atoms with E-state index in [9.17, 15) is 8.42 Å². The molecule has 0 amide bonds. The molecule has 114 valence electrons. The van der Waals surface area contributed by atoms with E-state index in [4.69, 9.17) is 0 Å². The third kappa shape index (κ3) is 4.72. The van der Waals surface area contributed by atoms with Crippen LogP contribution in [0.2, 0.25) is 0 Å². The Morgan fingerprint density at radius 2 is 1.53 bits per heavy atom. The lowest BCUT2D eigenvalue weighted by Crippen LogP contribution is -2.48. The predicted molar refractivity (Wildman–Crippen MR) is 80.7 cm³/mol. The lowest BCUT2D eigenvalue weighted by atomic mass is 9.97. The molecule has 1 fully saturated rings. The summed E-state index contributed by atoms with van der Waals surface area (Å²) in [4.78, 5) is 0. The SMILES string of the molecule is CC(C)(C)NCC1CCN(S(=O)(=O)C(C)(C)C)CC1. The normalized spacial score (nSPS) is 20.7. The molecule has 0 aromatic carbocycles. The molecule has 1 heterocycles. The van der Waals surface area contributed by atoms with Gasteiger partial charge in [-0.05, 0) is 66.8 Å². The molecular formula is C14H30N2O2S. The molecule has 1 rings (SSSR count). The summed E-state index contributed by atoms with van der Waals surface area (Å²) < 4.78 is 25.7. The second-order valence-corrected chi connectivity index (χ2v) is 10.3. The van der Waals surface area contributed by atoms with Gasteiger partial charge in [-0.1, -0.05) is 0 Å². The van der Waals surface area contributed by atoms with Gasteiger partial charge in [0.15, 0.2) is 0 Å². The quantitative estimate of drug-likeness (QED) is 0.867. The summed E-state index contributed by atoms with van der Waals surface area (Å²) in [6.07, 6.45) is 1.91. The van der Waals surface area contributed by atoms with Crippen LogP contribution in [0, 0.1) is 5.92 Å². The van der Waals surface area contributed by atoms with E-state index >= 15 is 0 Å². The van der Waals surface area contributed by atoms with E-state index in [1.807, 2.05) is 0 Å². The maximum atomic E-state index is 12.3. The van der Waals surface area contributed by atoms with E-state index in [0.717, 1.165) is 19.4 Å². The molecule has 0 bridgehead atoms. The molecule has 0 radical (unpaired) electrons. The van der Waals surface area contributed by atoms with Crippen LogP contribution in [0.1, 0.15) is 54.4 Å². The van der Waals surface area contributed by atoms with Crippen molar-refractivity contribution < 1.29 is 8.42 Å². The van der Waals surface area contributed by atoms with Crippen molar-refractivity contribution in [1.82, 2.24) is 9.62 Å². The minimum atomic E-state index is -3.15. The van der Waals surface area contributed by atoms with Gasteiger partial charge in [0.25, 0.3) is 0 Å². The van der Waals surface area contributed by atoms with Gasteiger partial charge in [0, 0.05) is 18.6 Å². The van der Waals surface area contributed by atoms with Gasteiger partial charge in [-0.25, -0.2) is 12.7 Å². The summed E-state index contributed by atoms with van der Waals surface area (Å²) in [5, 5.41) is 3.51. The zero-order valence-corrected chi connectivity index (χ0v) is 14.1. The van der Waals surface area contributed by atoms with E-state index < -0.39 is 14.8 Å². The Bertz CT molecular complexity index is 383. The van der Waals surface area contributed by atoms with Gasteiger partial charge < -0.3 is 5.32 Å². The summed E-state index contributed by atoms with van der Waals surface area (Å²) in [6.45, 7) is 14.1. The Morgan fingerprint density at radius 1 is 1.05 bits per heavy atom. The predicted octanol–water partition coefficient (Wildman–Crippen LogP) is 2.21. The monoisotopic (exact) mass is 290 g/mol. The highest BCUT2D eigenvalue weighted by Crippen LogP contribution is 2.26. The van der Waals surface area contributed by atoms with Gasteiger partial charge in [-0.2, -0.15) is 0 Å². The fraction of sp³-hybridized carbons (Fsp3) is 1.00. The highest BCUT2D eigenvalue weighted by molar-refractivity contribution is 7.90. The zero-order chi connectivity index (χ0) is 14.9. The van der Waals surface area contributed by atoms with Crippen molar-refractivity contribution in [1.29, 1.82) is 0 Å². The second kappa shape index (κ2) is 5.70. The number of nitrogens with zero attached hydrogens (tertiary/aromatic N) is 1. The maximum absolute atomic E-state index is 12.3. The van der Waals surface area contributed by atoms with Crippen LogP contribution in [0.3, 0.4) is 0 Å². The van der Waals surface area contributed by atoms with Gasteiger partial charge in [0.2, 0.25) is 10.0 Å². The van der Waals surface area contributed by atoms with Crippen LogP contribution >= 0.6 is 0 Å². The third-order valence-corrected chi connectivity index (χ3v) is 6.20. The lowest BCUT2D eigenvalue weighted by molar-refractivity contribution is 0.248. The molecular weight excluding hydrogens is 260 g/mol. The molecule has 19 heavy (non-hydrogen) atoms. The van der Waals surface area contributed by atoms with Crippen molar-refractivity contribution in [2.24, 2.45) is 5.92 Å². The Balaban J connectivity index is 2.50. The third-order valence-electron chi connectivity index (χ3n) is 3.61. The topological polar surface area (TPSA) is 49.4 Å². The van der Waals surface area contributed by atoms with Gasteiger partial charge in [-0.3, -0.25) is 0 Å². The Labute approximate surface area is 119 Å². The number of hydrogen-bond donors (Lipinski definition) is 1. The Hall–Kier alpha value is -0.130. The van der Waals surface area contributed by atoms with E-state index in [2.05, 4.69) is 26.1 Å². The first kappa shape index (κ1) is 16.9. The van der Waals surface area contributed by atoms with Crippen molar-refractivity contribution in [2.45, 2.75) is 64.7 Å². The number of hydrogen-bond acceptors (Lipinski definition) is 3. The molecule has 0 saturated carbocycles. The summed E-state index contributed by atoms with van der Waals surface area (Å²) in [5.41, 5.74) is 0.134. The Kier molecular flexibility index (Phi) is 5.08. The van der Waals surface area contributed by atoms with E-state index in [-0.39, 0.29) is 5.54 Å². The van der Waals surface area contributed by atoms with Crippen molar-refractivity contribution in [2.75, 3.05) is 19.6 Å². The van der Waals surface area contributed by atoms with Crippen LogP contribution in [0.5, 0.6) is 0 Å². The minimum absolute atomic E-state index is 0.134. The molecule has 1 aliphatic rings. The smallest absolute Gasteiger partial charge is 0.219 e. The Morgan fingerprint density at radius 3 is 1.89 bits per heavy atom. The fourth-order valence-corrected chi connectivity index (χ4v) is 3.66. The molecule has 0 atom stereocenters. The molecule has 1 saturated heterocycles. The molecule has 1 N–H and O–H groups in total. The van der Waals surface area contributed by atoms with Crippen molar-refractivity contribution >= 4 is 10.0 Å². The summed E-state index contributed by atoms with van der Waals surface area (Å²) in [5.74, 6) is 0.589. The number of rotatable bonds is 3. The van der Waals surface area contributed by atoms with Gasteiger partial charge in [0.05, 0.1) is 4.75 Å². The van der Waals surface area contributed by atoms with Crippen LogP contribution in [0.15, 0.2) is 0 Å². The van der Waals surface area contributed by atoms with Crippen molar-refractivity contribution in [3.05, 3.63) is 0 Å². The minimum Gasteiger partial charge on any atom is -0.312 e. The number of sulfonamides is 1. The van der Waals surface area contributed by atoms with Gasteiger partial charge >= 0.3 is 0 Å². The van der Waals surface area contributed by atoms with Gasteiger partial charge in [-0.15, -0.1) is 0 Å². The van der Waals surface area contributed by atoms with Crippen LogP contribution in [0.4, 0.5) is 0 Å². The standard InChI is InChI=1S/C14H30N2O2S/c1-13(2,3)15-11-12-7-9-16(10-8-12)19(17,18)14(4,5)6/h12,15H,7-11H2,1-6H3. The molecule has 1 aliphatic heterocycles. The maximum Gasteiger partial charge on any atom is 0.219 e. The molecule has 0 aromatic heterocycles. The first-order chi connectivity index (χ1) is 8.43. The first-order valence-electron chi connectivity index (χ1n) is 7.18. The van der Waals surface area contributed by atoms with Crippen LogP contribution in [-0.2, 0) is 10.0 Å². The lowest BCUT2D eigenvalue weighted by Gasteiger charge is -2.36. The van der Waals surface area contributed by atoms with Crippen LogP contribution < -0.4 is 5.32 Å². The van der Waals surface area contributed by atoms with Gasteiger partial charge in [0.1, 0.15) is 0 Å². The molecule has 0 spiro atoms. The second-order valence-electron chi connectivity index (χ2n) is 7.59. The molecule has 4 nitrogen and oxygen atoms in total. The van der Waals surface area contributed by atoms with Crippen molar-refractivity contribution in [3.8, 4) is 0 Å². The number of nitrogens with one attached hydrogen (secondary N) is 1. The van der Waals surface area contributed by atoms with Crippen molar-refractivity contribution in [3.63, 3.8) is 0 Å². The summed E-state index contributed by atoms with van der Waals surface area (Å²) in [6, 6.07) is 0. The molecule has 5 heteroatoms. The summed E-state index contributed by atoms with van der Waals surface area (Å²) in [7, 11) is -3.15. The first-order valence-corrected chi connectivity index (χ1v) is 8.62. The van der Waals surface area contributed by atoms with E-state index in [1.165, 1.54) is 0 Å². The highest BCUT2D eigenvalue weighted by atomic mass is 32.2. The van der Waals surface area contributed by atoms with Crippen LogP contribution in [0.25, 0.3) is 0 Å². The fourth-order valence-electron chi connectivity index (χ4n) is 2.19. The average molecular weight is 290 g/mol. The average Bonchev–Trinajstić information content (AvgIpc) is 2.24. The largest absolute Gasteiger partial charge is 0.312 e. The summed E-state index contributed by atoms with van der Waals surface area (Å²) >= 11 is 0.